The molecule has 6 heteroatoms. The van der Waals surface area contributed by atoms with Gasteiger partial charge in [0.25, 0.3) is 0 Å². The van der Waals surface area contributed by atoms with Gasteiger partial charge in [0.05, 0.1) is 5.52 Å². The van der Waals surface area contributed by atoms with Crippen LogP contribution in [0.1, 0.15) is 20.3 Å². The summed E-state index contributed by atoms with van der Waals surface area (Å²) in [5.74, 6) is 1.04. The van der Waals surface area contributed by atoms with Gasteiger partial charge in [-0.3, -0.25) is 13.9 Å². The summed E-state index contributed by atoms with van der Waals surface area (Å²) in [5.41, 5.74) is 1.13. The van der Waals surface area contributed by atoms with E-state index >= 15 is 0 Å². The molecule has 22 heavy (non-hydrogen) atoms. The second kappa shape index (κ2) is 5.59. The highest BCUT2D eigenvalue weighted by molar-refractivity contribution is 5.79. The van der Waals surface area contributed by atoms with Gasteiger partial charge in [0, 0.05) is 26.3 Å². The largest absolute Gasteiger partial charge is 0.341 e. The number of aryl methyl sites for hydroxylation is 1. The maximum atomic E-state index is 12.6. The minimum absolute atomic E-state index is 0.0110. The zero-order chi connectivity index (χ0) is 15.9. The second-order valence-electron chi connectivity index (χ2n) is 6.52. The summed E-state index contributed by atoms with van der Waals surface area (Å²) in [6.07, 6.45) is 2.81. The minimum atomic E-state index is -0.194. The molecule has 1 aliphatic rings. The third-order valence-corrected chi connectivity index (χ3v) is 4.41. The maximum absolute atomic E-state index is 12.6. The van der Waals surface area contributed by atoms with Crippen LogP contribution in [0.15, 0.2) is 23.1 Å². The van der Waals surface area contributed by atoms with Gasteiger partial charge in [0.2, 0.25) is 5.91 Å². The van der Waals surface area contributed by atoms with E-state index in [-0.39, 0.29) is 18.1 Å². The first kappa shape index (κ1) is 14.8. The number of rotatable bonds is 2. The highest BCUT2D eigenvalue weighted by Crippen LogP contribution is 2.21. The summed E-state index contributed by atoms with van der Waals surface area (Å²) in [4.78, 5) is 31.1. The number of amides is 1. The average molecular weight is 302 g/mol. The van der Waals surface area contributed by atoms with E-state index < -0.39 is 0 Å². The molecule has 0 unspecified atom stereocenters. The number of carbonyl (C=O) groups excluding carboxylic acids is 1. The Kier molecular flexibility index (Phi) is 3.76. The molecule has 1 amide bonds. The zero-order valence-electron chi connectivity index (χ0n) is 13.3. The Balaban J connectivity index is 1.89. The van der Waals surface area contributed by atoms with Crippen molar-refractivity contribution in [2.75, 3.05) is 13.1 Å². The molecular formula is C16H22N4O2. The van der Waals surface area contributed by atoms with Crippen molar-refractivity contribution < 1.29 is 4.79 Å². The van der Waals surface area contributed by atoms with Crippen molar-refractivity contribution in [3.8, 4) is 0 Å². The molecule has 118 valence electrons. The van der Waals surface area contributed by atoms with E-state index in [0.29, 0.717) is 23.0 Å². The Morgan fingerprint density at radius 3 is 2.68 bits per heavy atom. The topological polar surface area (TPSA) is 60.1 Å². The van der Waals surface area contributed by atoms with Gasteiger partial charge in [0.1, 0.15) is 6.54 Å². The first-order valence-electron chi connectivity index (χ1n) is 7.75. The first-order valence-corrected chi connectivity index (χ1v) is 7.75. The van der Waals surface area contributed by atoms with Crippen LogP contribution in [0, 0.1) is 11.8 Å². The molecule has 0 aromatic carbocycles. The normalized spacial score (nSPS) is 22.2. The van der Waals surface area contributed by atoms with Crippen LogP contribution < -0.4 is 5.69 Å². The predicted molar refractivity (Wildman–Crippen MR) is 84.5 cm³/mol. The predicted octanol–water partition coefficient (Wildman–Crippen LogP) is 1.24. The molecule has 0 N–H and O–H groups in total. The molecular weight excluding hydrogens is 280 g/mol. The monoisotopic (exact) mass is 302 g/mol. The van der Waals surface area contributed by atoms with E-state index in [4.69, 9.17) is 0 Å². The Hall–Kier alpha value is -2.11. The molecule has 0 saturated carbocycles. The van der Waals surface area contributed by atoms with E-state index in [1.165, 1.54) is 9.13 Å². The number of hydrogen-bond acceptors (Lipinski definition) is 3. The van der Waals surface area contributed by atoms with Crippen LogP contribution in [-0.2, 0) is 18.4 Å². The van der Waals surface area contributed by atoms with E-state index in [0.717, 1.165) is 19.5 Å². The highest BCUT2D eigenvalue weighted by atomic mass is 16.2. The van der Waals surface area contributed by atoms with Gasteiger partial charge in [-0.15, -0.1) is 0 Å². The number of imidazole rings is 1. The van der Waals surface area contributed by atoms with Gasteiger partial charge in [-0.25, -0.2) is 9.78 Å². The summed E-state index contributed by atoms with van der Waals surface area (Å²) in [6, 6.07) is 3.62. The molecule has 2 aromatic heterocycles. The van der Waals surface area contributed by atoms with Gasteiger partial charge in [-0.05, 0) is 30.4 Å². The fourth-order valence-electron chi connectivity index (χ4n) is 3.49. The third kappa shape index (κ3) is 2.53. The third-order valence-electron chi connectivity index (χ3n) is 4.41. The zero-order valence-corrected chi connectivity index (χ0v) is 13.3. The van der Waals surface area contributed by atoms with Crippen LogP contribution in [0.4, 0.5) is 0 Å². The molecule has 3 rings (SSSR count). The molecule has 0 aliphatic carbocycles. The van der Waals surface area contributed by atoms with Crippen molar-refractivity contribution in [3.05, 3.63) is 28.8 Å². The van der Waals surface area contributed by atoms with Crippen LogP contribution in [0.3, 0.4) is 0 Å². The van der Waals surface area contributed by atoms with Crippen molar-refractivity contribution in [1.29, 1.82) is 0 Å². The number of nitrogens with zero attached hydrogens (tertiary/aromatic N) is 4. The van der Waals surface area contributed by atoms with Crippen molar-refractivity contribution in [2.24, 2.45) is 18.9 Å². The summed E-state index contributed by atoms with van der Waals surface area (Å²) in [7, 11) is 1.68. The van der Waals surface area contributed by atoms with Gasteiger partial charge in [-0.2, -0.15) is 0 Å². The van der Waals surface area contributed by atoms with Crippen molar-refractivity contribution in [3.63, 3.8) is 0 Å². The molecule has 1 aliphatic heterocycles. The lowest BCUT2D eigenvalue weighted by molar-refractivity contribution is -0.134. The smallest absolute Gasteiger partial charge is 0.330 e. The summed E-state index contributed by atoms with van der Waals surface area (Å²) < 4.78 is 3.01. The quantitative estimate of drug-likeness (QED) is 0.838. The molecule has 3 heterocycles. The van der Waals surface area contributed by atoms with Crippen LogP contribution >= 0.6 is 0 Å². The van der Waals surface area contributed by atoms with E-state index in [1.54, 1.807) is 19.3 Å². The number of hydrogen-bond donors (Lipinski definition) is 0. The summed E-state index contributed by atoms with van der Waals surface area (Å²) >= 11 is 0. The fourth-order valence-corrected chi connectivity index (χ4v) is 3.49. The molecule has 0 spiro atoms. The maximum Gasteiger partial charge on any atom is 0.330 e. The fraction of sp³-hybridized carbons (Fsp3) is 0.562. The molecule has 0 bridgehead atoms. The van der Waals surface area contributed by atoms with Gasteiger partial charge >= 0.3 is 5.69 Å². The Labute approximate surface area is 129 Å². The van der Waals surface area contributed by atoms with Gasteiger partial charge in [-0.1, -0.05) is 13.8 Å². The molecule has 6 nitrogen and oxygen atoms in total. The van der Waals surface area contributed by atoms with E-state index in [2.05, 4.69) is 18.8 Å². The number of likely N-dealkylation sites (tertiary alicyclic amines) is 1. The van der Waals surface area contributed by atoms with Crippen molar-refractivity contribution >= 4 is 17.1 Å². The molecule has 2 atom stereocenters. The summed E-state index contributed by atoms with van der Waals surface area (Å²) in [6.45, 7) is 5.98. The van der Waals surface area contributed by atoms with E-state index in [1.807, 2.05) is 11.0 Å². The lowest BCUT2D eigenvalue weighted by atomic mass is 9.92. The minimum Gasteiger partial charge on any atom is -0.341 e. The molecule has 1 fully saturated rings. The lowest BCUT2D eigenvalue weighted by Gasteiger charge is -2.35. The highest BCUT2D eigenvalue weighted by Gasteiger charge is 2.26. The first-order chi connectivity index (χ1) is 10.5. The number of pyridine rings is 1. The number of carbonyl (C=O) groups is 1. The Morgan fingerprint density at radius 1 is 1.32 bits per heavy atom. The van der Waals surface area contributed by atoms with Crippen molar-refractivity contribution in [2.45, 2.75) is 26.8 Å². The molecule has 2 aromatic rings. The SMILES string of the molecule is C[C@@H]1C[C@H](C)CN(C(=O)Cn2c(=O)n(C)c3ncccc32)C1. The van der Waals surface area contributed by atoms with Crippen molar-refractivity contribution in [1.82, 2.24) is 19.0 Å². The van der Waals surface area contributed by atoms with Gasteiger partial charge in [0.15, 0.2) is 5.65 Å². The number of aromatic nitrogens is 3. The average Bonchev–Trinajstić information content (AvgIpc) is 2.72. The standard InChI is InChI=1S/C16H22N4O2/c1-11-7-12(2)9-19(8-11)14(21)10-20-13-5-4-6-17-15(13)18(3)16(20)22/h4-6,11-12H,7-10H2,1-3H3/t11-,12+. The van der Waals surface area contributed by atoms with Crippen LogP contribution in [0.5, 0.6) is 0 Å². The van der Waals surface area contributed by atoms with Gasteiger partial charge < -0.3 is 4.90 Å². The van der Waals surface area contributed by atoms with Crippen LogP contribution in [0.25, 0.3) is 11.2 Å². The van der Waals surface area contributed by atoms with Crippen LogP contribution in [-0.4, -0.2) is 38.0 Å². The van der Waals surface area contributed by atoms with Crippen LogP contribution in [0.2, 0.25) is 0 Å². The number of piperidine rings is 1. The lowest BCUT2D eigenvalue weighted by Crippen LogP contribution is -2.44. The Morgan fingerprint density at radius 2 is 2.00 bits per heavy atom. The second-order valence-corrected chi connectivity index (χ2v) is 6.52. The van der Waals surface area contributed by atoms with E-state index in [9.17, 15) is 9.59 Å². The summed E-state index contributed by atoms with van der Waals surface area (Å²) in [5, 5.41) is 0. The molecule has 0 radical (unpaired) electrons. The number of fused-ring (bicyclic) bond motifs is 1. The Bertz CT molecular complexity index is 751. The molecule has 1 saturated heterocycles.